The summed E-state index contributed by atoms with van der Waals surface area (Å²) >= 11 is 14.5. The van der Waals surface area contributed by atoms with E-state index in [2.05, 4.69) is 21.2 Å². The fraction of sp³-hybridized carbons (Fsp3) is 0. The number of hydrogen-bond donors (Lipinski definition) is 2. The van der Waals surface area contributed by atoms with Crippen LogP contribution in [0.25, 0.3) is 0 Å². The average Bonchev–Trinajstić information content (AvgIpc) is 2.39. The summed E-state index contributed by atoms with van der Waals surface area (Å²) in [7, 11) is 0. The van der Waals surface area contributed by atoms with Crippen LogP contribution in [-0.4, -0.2) is 11.0 Å². The van der Waals surface area contributed by atoms with Gasteiger partial charge in [-0.15, -0.1) is 0 Å². The summed E-state index contributed by atoms with van der Waals surface area (Å²) in [6, 6.07) is 6.60. The van der Waals surface area contributed by atoms with Gasteiger partial charge < -0.3 is 10.4 Å². The first-order valence-electron chi connectivity index (χ1n) is 5.33. The fourth-order valence-electron chi connectivity index (χ4n) is 1.48. The van der Waals surface area contributed by atoms with E-state index in [1.807, 2.05) is 0 Å². The number of phenolic OH excluding ortho intramolecular Hbond substituents is 1. The normalized spacial score (nSPS) is 10.4. The molecule has 0 saturated heterocycles. The summed E-state index contributed by atoms with van der Waals surface area (Å²) in [5.41, 5.74) is 0.585. The molecule has 104 valence electrons. The summed E-state index contributed by atoms with van der Waals surface area (Å²) in [6.07, 6.45) is 0. The van der Waals surface area contributed by atoms with E-state index in [0.29, 0.717) is 5.69 Å². The van der Waals surface area contributed by atoms with Gasteiger partial charge in [-0.3, -0.25) is 4.79 Å². The van der Waals surface area contributed by atoms with Gasteiger partial charge >= 0.3 is 0 Å². The molecule has 0 fully saturated rings. The Morgan fingerprint density at radius 1 is 1.20 bits per heavy atom. The Morgan fingerprint density at radius 2 is 1.80 bits per heavy atom. The highest BCUT2D eigenvalue weighted by atomic mass is 79.9. The summed E-state index contributed by atoms with van der Waals surface area (Å²) in [5.74, 6) is -1.17. The fourth-order valence-corrected chi connectivity index (χ4v) is 2.34. The number of benzene rings is 2. The van der Waals surface area contributed by atoms with E-state index in [9.17, 15) is 14.3 Å². The van der Waals surface area contributed by atoms with E-state index in [0.717, 1.165) is 0 Å². The van der Waals surface area contributed by atoms with Gasteiger partial charge in [0.2, 0.25) is 0 Å². The third-order valence-electron chi connectivity index (χ3n) is 2.46. The quantitative estimate of drug-likeness (QED) is 0.733. The van der Waals surface area contributed by atoms with Crippen LogP contribution in [0.15, 0.2) is 34.8 Å². The molecule has 0 aliphatic heterocycles. The minimum absolute atomic E-state index is 0.0214. The molecule has 2 aromatic carbocycles. The first-order valence-corrected chi connectivity index (χ1v) is 6.88. The molecule has 0 aliphatic rings. The van der Waals surface area contributed by atoms with Crippen LogP contribution < -0.4 is 5.32 Å². The second kappa shape index (κ2) is 5.99. The molecule has 7 heteroatoms. The molecule has 2 rings (SSSR count). The molecular weight excluding hydrogens is 372 g/mol. The first kappa shape index (κ1) is 15.1. The molecule has 0 spiro atoms. The number of nitrogens with one attached hydrogen (secondary N) is 1. The van der Waals surface area contributed by atoms with Crippen LogP contribution in [0.3, 0.4) is 0 Å². The average molecular weight is 379 g/mol. The highest BCUT2D eigenvalue weighted by molar-refractivity contribution is 9.10. The zero-order valence-corrected chi connectivity index (χ0v) is 12.9. The number of aromatic hydroxyl groups is 1. The predicted molar refractivity (Wildman–Crippen MR) is 80.2 cm³/mol. The summed E-state index contributed by atoms with van der Waals surface area (Å²) in [6.45, 7) is 0. The van der Waals surface area contributed by atoms with E-state index in [4.69, 9.17) is 23.2 Å². The number of carbonyl (C=O) groups excluding carboxylic acids is 1. The van der Waals surface area contributed by atoms with Gasteiger partial charge in [0.25, 0.3) is 5.91 Å². The SMILES string of the molecule is O=C(Nc1cc(Cl)c(O)c(Cl)c1)c1ccc(F)c(Br)c1. The molecular formula is C13H7BrCl2FNO2. The smallest absolute Gasteiger partial charge is 0.255 e. The molecule has 1 amide bonds. The van der Waals surface area contributed by atoms with Crippen molar-refractivity contribution < 1.29 is 14.3 Å². The van der Waals surface area contributed by atoms with Crippen molar-refractivity contribution in [1.29, 1.82) is 0 Å². The van der Waals surface area contributed by atoms with Gasteiger partial charge in [0, 0.05) is 11.3 Å². The van der Waals surface area contributed by atoms with Crippen LogP contribution in [0.5, 0.6) is 5.75 Å². The van der Waals surface area contributed by atoms with Gasteiger partial charge in [-0.25, -0.2) is 4.39 Å². The van der Waals surface area contributed by atoms with Gasteiger partial charge in [-0.05, 0) is 46.3 Å². The Hall–Kier alpha value is -1.30. The number of rotatable bonds is 2. The Kier molecular flexibility index (Phi) is 4.52. The Labute approximate surface area is 132 Å². The van der Waals surface area contributed by atoms with Gasteiger partial charge in [-0.1, -0.05) is 23.2 Å². The van der Waals surface area contributed by atoms with E-state index in [-0.39, 0.29) is 25.8 Å². The van der Waals surface area contributed by atoms with Crippen molar-refractivity contribution in [2.45, 2.75) is 0 Å². The van der Waals surface area contributed by atoms with Crippen molar-refractivity contribution in [1.82, 2.24) is 0 Å². The maximum Gasteiger partial charge on any atom is 0.255 e. The number of phenols is 1. The van der Waals surface area contributed by atoms with E-state index < -0.39 is 11.7 Å². The third-order valence-corrected chi connectivity index (χ3v) is 3.64. The summed E-state index contributed by atoms with van der Waals surface area (Å²) in [5, 5.41) is 12.0. The number of carbonyl (C=O) groups is 1. The number of hydrogen-bond acceptors (Lipinski definition) is 2. The van der Waals surface area contributed by atoms with Crippen LogP contribution >= 0.6 is 39.1 Å². The van der Waals surface area contributed by atoms with Gasteiger partial charge in [0.05, 0.1) is 14.5 Å². The van der Waals surface area contributed by atoms with Crippen molar-refractivity contribution in [3.05, 3.63) is 56.2 Å². The maximum absolute atomic E-state index is 13.1. The minimum atomic E-state index is -0.461. The largest absolute Gasteiger partial charge is 0.505 e. The Bertz CT molecular complexity index is 671. The number of anilines is 1. The van der Waals surface area contributed by atoms with Crippen LogP contribution in [0.4, 0.5) is 10.1 Å². The van der Waals surface area contributed by atoms with E-state index in [1.54, 1.807) is 0 Å². The number of halogens is 4. The summed E-state index contributed by atoms with van der Waals surface area (Å²) in [4.78, 5) is 12.0. The van der Waals surface area contributed by atoms with Crippen molar-refractivity contribution in [3.63, 3.8) is 0 Å². The molecule has 2 aromatic rings. The lowest BCUT2D eigenvalue weighted by molar-refractivity contribution is 0.102. The molecule has 0 unspecified atom stereocenters. The lowest BCUT2D eigenvalue weighted by Crippen LogP contribution is -2.12. The van der Waals surface area contributed by atoms with E-state index in [1.165, 1.54) is 30.3 Å². The van der Waals surface area contributed by atoms with Crippen molar-refractivity contribution in [2.24, 2.45) is 0 Å². The third kappa shape index (κ3) is 3.23. The minimum Gasteiger partial charge on any atom is -0.505 e. The summed E-state index contributed by atoms with van der Waals surface area (Å²) < 4.78 is 13.3. The highest BCUT2D eigenvalue weighted by Gasteiger charge is 2.12. The standard InChI is InChI=1S/C13H7BrCl2FNO2/c14-8-3-6(1-2-11(8)17)13(20)18-7-4-9(15)12(19)10(16)5-7/h1-5,19H,(H,18,20). The first-order chi connectivity index (χ1) is 9.38. The van der Waals surface area contributed by atoms with Crippen LogP contribution in [0.1, 0.15) is 10.4 Å². The Morgan fingerprint density at radius 3 is 2.35 bits per heavy atom. The molecule has 0 heterocycles. The number of amides is 1. The molecule has 3 nitrogen and oxygen atoms in total. The van der Waals surface area contributed by atoms with E-state index >= 15 is 0 Å². The molecule has 0 atom stereocenters. The van der Waals surface area contributed by atoms with Gasteiger partial charge in [0.1, 0.15) is 5.82 Å². The molecule has 0 radical (unpaired) electrons. The predicted octanol–water partition coefficient (Wildman–Crippen LogP) is 4.85. The monoisotopic (exact) mass is 377 g/mol. The zero-order valence-electron chi connectivity index (χ0n) is 9.75. The van der Waals surface area contributed by atoms with Gasteiger partial charge in [-0.2, -0.15) is 0 Å². The zero-order chi connectivity index (χ0) is 14.9. The molecule has 2 N–H and O–H groups in total. The van der Waals surface area contributed by atoms with Crippen LogP contribution in [-0.2, 0) is 0 Å². The molecule has 0 saturated carbocycles. The second-order valence-corrected chi connectivity index (χ2v) is 5.54. The Balaban J connectivity index is 2.25. The van der Waals surface area contributed by atoms with Crippen LogP contribution in [0.2, 0.25) is 10.0 Å². The maximum atomic E-state index is 13.1. The van der Waals surface area contributed by atoms with Crippen LogP contribution in [0, 0.1) is 5.82 Å². The van der Waals surface area contributed by atoms with Crippen molar-refractivity contribution >= 4 is 50.7 Å². The lowest BCUT2D eigenvalue weighted by Gasteiger charge is -2.08. The molecule has 0 aliphatic carbocycles. The molecule has 20 heavy (non-hydrogen) atoms. The topological polar surface area (TPSA) is 49.3 Å². The molecule has 0 bridgehead atoms. The lowest BCUT2D eigenvalue weighted by atomic mass is 10.2. The highest BCUT2D eigenvalue weighted by Crippen LogP contribution is 2.34. The van der Waals surface area contributed by atoms with Gasteiger partial charge in [0.15, 0.2) is 5.75 Å². The van der Waals surface area contributed by atoms with Crippen molar-refractivity contribution in [3.8, 4) is 5.75 Å². The van der Waals surface area contributed by atoms with Crippen molar-refractivity contribution in [2.75, 3.05) is 5.32 Å². The second-order valence-electron chi connectivity index (χ2n) is 3.87. The molecule has 0 aromatic heterocycles.